The molecule has 1 N–H and O–H groups in total. The number of carbonyl (C=O) groups is 3. The number of methoxy groups -OCH3 is 1. The van der Waals surface area contributed by atoms with Crippen LogP contribution in [-0.2, 0) is 20.7 Å². The van der Waals surface area contributed by atoms with Gasteiger partial charge in [0.1, 0.15) is 17.5 Å². The Kier molecular flexibility index (Phi) is 8.16. The minimum atomic E-state index is -0.974. The smallest absolute Gasteiger partial charge is 0.256 e. The summed E-state index contributed by atoms with van der Waals surface area (Å²) in [6, 6.07) is 25.2. The number of rotatable bonds is 7. The minimum absolute atomic E-state index is 0.0399. The lowest BCUT2D eigenvalue weighted by Crippen LogP contribution is -2.60. The molecule has 2 fully saturated rings. The number of ether oxygens (including phenoxy) is 2. The van der Waals surface area contributed by atoms with E-state index in [1.165, 1.54) is 0 Å². The first-order valence-corrected chi connectivity index (χ1v) is 13.7. The van der Waals surface area contributed by atoms with E-state index in [0.717, 1.165) is 11.1 Å². The quantitative estimate of drug-likeness (QED) is 0.489. The molecule has 2 aliphatic rings. The lowest BCUT2D eigenvalue weighted by molar-refractivity contribution is -0.143. The van der Waals surface area contributed by atoms with Crippen LogP contribution < -0.4 is 10.1 Å². The van der Waals surface area contributed by atoms with Crippen LogP contribution in [0.25, 0.3) is 0 Å². The Hall–Kier alpha value is -4.17. The maximum absolute atomic E-state index is 14.0. The van der Waals surface area contributed by atoms with E-state index >= 15 is 0 Å². The first-order valence-electron chi connectivity index (χ1n) is 13.7. The lowest BCUT2D eigenvalue weighted by Gasteiger charge is -2.44. The van der Waals surface area contributed by atoms with E-state index in [1.54, 1.807) is 36.3 Å². The third-order valence-corrected chi connectivity index (χ3v) is 7.87. The molecule has 2 saturated heterocycles. The van der Waals surface area contributed by atoms with E-state index in [-0.39, 0.29) is 30.4 Å². The van der Waals surface area contributed by atoms with Crippen molar-refractivity contribution in [3.63, 3.8) is 0 Å². The highest BCUT2D eigenvalue weighted by Gasteiger charge is 2.54. The summed E-state index contributed by atoms with van der Waals surface area (Å²) in [4.78, 5) is 44.1. The van der Waals surface area contributed by atoms with Gasteiger partial charge in [-0.15, -0.1) is 0 Å². The lowest BCUT2D eigenvalue weighted by atomic mass is 9.96. The van der Waals surface area contributed by atoms with Crippen LogP contribution in [0, 0.1) is 0 Å². The second kappa shape index (κ2) is 11.9. The van der Waals surface area contributed by atoms with Gasteiger partial charge in [-0.2, -0.15) is 0 Å². The zero-order valence-electron chi connectivity index (χ0n) is 22.9. The molecule has 3 amide bonds. The summed E-state index contributed by atoms with van der Waals surface area (Å²) < 4.78 is 11.6. The monoisotopic (exact) mass is 541 g/mol. The van der Waals surface area contributed by atoms with Crippen molar-refractivity contribution in [1.29, 1.82) is 0 Å². The van der Waals surface area contributed by atoms with Crippen molar-refractivity contribution in [3.8, 4) is 5.75 Å². The van der Waals surface area contributed by atoms with E-state index in [1.807, 2.05) is 72.5 Å². The number of hydrogen-bond acceptors (Lipinski definition) is 5. The van der Waals surface area contributed by atoms with Gasteiger partial charge in [0.25, 0.3) is 5.91 Å². The average Bonchev–Trinajstić information content (AvgIpc) is 3.36. The Bertz CT molecular complexity index is 1320. The maximum Gasteiger partial charge on any atom is 0.256 e. The minimum Gasteiger partial charge on any atom is -0.497 e. The van der Waals surface area contributed by atoms with Crippen LogP contribution in [0.2, 0.25) is 0 Å². The number of nitrogens with one attached hydrogen (secondary N) is 1. The van der Waals surface area contributed by atoms with Crippen molar-refractivity contribution in [2.45, 2.75) is 44.0 Å². The van der Waals surface area contributed by atoms with Gasteiger partial charge < -0.3 is 19.7 Å². The fourth-order valence-corrected chi connectivity index (χ4v) is 5.56. The molecule has 0 aliphatic carbocycles. The van der Waals surface area contributed by atoms with Gasteiger partial charge in [0.2, 0.25) is 11.8 Å². The standard InChI is InChI=1S/C32H35N3O5/c1-23(25-11-7-4-8-12-25)33-30(37)28-22-40-32(35(28)31(38)26-13-15-27(39-2)16-14-26)17-19-34(20-18-32)29(36)21-24-9-5-3-6-10-24/h3-16,23,28H,17-22H2,1-2H3,(H,33,37)/t23-,28+/m1/s1. The van der Waals surface area contributed by atoms with E-state index in [4.69, 9.17) is 9.47 Å². The maximum atomic E-state index is 14.0. The van der Waals surface area contributed by atoms with Crippen LogP contribution in [0.3, 0.4) is 0 Å². The topological polar surface area (TPSA) is 88.2 Å². The predicted molar refractivity (Wildman–Crippen MR) is 151 cm³/mol. The summed E-state index contributed by atoms with van der Waals surface area (Å²) in [7, 11) is 1.57. The number of carbonyl (C=O) groups excluding carboxylic acids is 3. The molecular weight excluding hydrogens is 506 g/mol. The number of nitrogens with zero attached hydrogens (tertiary/aromatic N) is 2. The summed E-state index contributed by atoms with van der Waals surface area (Å²) >= 11 is 0. The fraction of sp³-hybridized carbons (Fsp3) is 0.344. The van der Waals surface area contributed by atoms with Gasteiger partial charge in [0.05, 0.1) is 26.2 Å². The second-order valence-electron chi connectivity index (χ2n) is 10.4. The molecule has 3 aromatic carbocycles. The number of piperidine rings is 1. The molecule has 208 valence electrons. The van der Waals surface area contributed by atoms with Gasteiger partial charge in [-0.1, -0.05) is 60.7 Å². The Labute approximate surface area is 234 Å². The molecule has 0 radical (unpaired) electrons. The van der Waals surface area contributed by atoms with Gasteiger partial charge in [-0.25, -0.2) is 0 Å². The van der Waals surface area contributed by atoms with Crippen LogP contribution in [-0.4, -0.2) is 66.1 Å². The van der Waals surface area contributed by atoms with Gasteiger partial charge in [0.15, 0.2) is 0 Å². The van der Waals surface area contributed by atoms with Crippen molar-refractivity contribution >= 4 is 17.7 Å². The van der Waals surface area contributed by atoms with Gasteiger partial charge in [0, 0.05) is 31.5 Å². The van der Waals surface area contributed by atoms with Crippen LogP contribution >= 0.6 is 0 Å². The molecule has 0 aromatic heterocycles. The van der Waals surface area contributed by atoms with Gasteiger partial charge in [-0.3, -0.25) is 19.3 Å². The number of benzene rings is 3. The zero-order valence-corrected chi connectivity index (χ0v) is 22.9. The summed E-state index contributed by atoms with van der Waals surface area (Å²) in [6.45, 7) is 2.89. The second-order valence-corrected chi connectivity index (χ2v) is 10.4. The Morgan fingerprint density at radius 2 is 1.57 bits per heavy atom. The van der Waals surface area contributed by atoms with Crippen molar-refractivity contribution < 1.29 is 23.9 Å². The molecule has 0 unspecified atom stereocenters. The molecule has 2 heterocycles. The van der Waals surface area contributed by atoms with Gasteiger partial charge >= 0.3 is 0 Å². The number of amides is 3. The SMILES string of the molecule is COc1ccc(C(=O)N2[C@H](C(=O)N[C@H](C)c3ccccc3)COC23CCN(C(=O)Cc2ccccc2)CC3)cc1. The Balaban J connectivity index is 1.35. The molecule has 2 aliphatic heterocycles. The molecule has 1 spiro atoms. The number of likely N-dealkylation sites (tertiary alicyclic amines) is 1. The summed E-state index contributed by atoms with van der Waals surface area (Å²) in [5.74, 6) is 0.132. The first kappa shape index (κ1) is 27.4. The van der Waals surface area contributed by atoms with Crippen LogP contribution in [0.5, 0.6) is 5.75 Å². The van der Waals surface area contributed by atoms with Gasteiger partial charge in [-0.05, 0) is 42.3 Å². The van der Waals surface area contributed by atoms with Crippen molar-refractivity contribution in [3.05, 3.63) is 102 Å². The van der Waals surface area contributed by atoms with Crippen molar-refractivity contribution in [2.75, 3.05) is 26.8 Å². The normalized spacial score (nSPS) is 18.8. The molecule has 0 saturated carbocycles. The van der Waals surface area contributed by atoms with Crippen LogP contribution in [0.4, 0.5) is 0 Å². The highest BCUT2D eigenvalue weighted by molar-refractivity contribution is 5.98. The third kappa shape index (κ3) is 5.72. The largest absolute Gasteiger partial charge is 0.497 e. The highest BCUT2D eigenvalue weighted by Crippen LogP contribution is 2.39. The molecule has 8 nitrogen and oxygen atoms in total. The van der Waals surface area contributed by atoms with Crippen LogP contribution in [0.1, 0.15) is 47.3 Å². The summed E-state index contributed by atoms with van der Waals surface area (Å²) in [6.07, 6.45) is 1.17. The van der Waals surface area contributed by atoms with E-state index in [9.17, 15) is 14.4 Å². The predicted octanol–water partition coefficient (Wildman–Crippen LogP) is 3.98. The zero-order chi connectivity index (χ0) is 28.1. The molecular formula is C32H35N3O5. The summed E-state index contributed by atoms with van der Waals surface area (Å²) in [5, 5.41) is 3.07. The first-order chi connectivity index (χ1) is 19.4. The van der Waals surface area contributed by atoms with Crippen molar-refractivity contribution in [2.24, 2.45) is 0 Å². The molecule has 8 heteroatoms. The van der Waals surface area contributed by atoms with E-state index in [2.05, 4.69) is 5.32 Å². The molecule has 5 rings (SSSR count). The molecule has 0 bridgehead atoms. The Morgan fingerprint density at radius 1 is 0.950 bits per heavy atom. The molecule has 40 heavy (non-hydrogen) atoms. The third-order valence-electron chi connectivity index (χ3n) is 7.87. The van der Waals surface area contributed by atoms with Crippen LogP contribution in [0.15, 0.2) is 84.9 Å². The average molecular weight is 542 g/mol. The van der Waals surface area contributed by atoms with Crippen molar-refractivity contribution in [1.82, 2.24) is 15.1 Å². The molecule has 2 atom stereocenters. The summed E-state index contributed by atoms with van der Waals surface area (Å²) in [5.41, 5.74) is 1.41. The Morgan fingerprint density at radius 3 is 2.20 bits per heavy atom. The van der Waals surface area contributed by atoms with E-state index in [0.29, 0.717) is 43.7 Å². The number of hydrogen-bond donors (Lipinski definition) is 1. The molecule has 3 aromatic rings. The van der Waals surface area contributed by atoms with E-state index < -0.39 is 11.8 Å². The highest BCUT2D eigenvalue weighted by atomic mass is 16.5. The fourth-order valence-electron chi connectivity index (χ4n) is 5.56.